The van der Waals surface area contributed by atoms with Crippen LogP contribution in [0, 0.1) is 0 Å². The maximum absolute atomic E-state index is 14.9. The number of hydrogen-bond donors (Lipinski definition) is 0. The molecule has 0 heterocycles. The Kier molecular flexibility index (Phi) is 5.85. The highest BCUT2D eigenvalue weighted by atomic mass is 79.9. The van der Waals surface area contributed by atoms with Gasteiger partial charge in [-0.1, -0.05) is 47.1 Å². The van der Waals surface area contributed by atoms with Gasteiger partial charge in [0.15, 0.2) is 0 Å². The maximum atomic E-state index is 14.9. The molecule has 0 bridgehead atoms. The van der Waals surface area contributed by atoms with Gasteiger partial charge in [-0.3, -0.25) is 0 Å². The zero-order chi connectivity index (χ0) is 20.6. The van der Waals surface area contributed by atoms with Gasteiger partial charge >= 0.3 is 18.0 Å². The van der Waals surface area contributed by atoms with Crippen molar-refractivity contribution >= 4 is 15.9 Å². The lowest BCUT2D eigenvalue weighted by atomic mass is 9.85. The molecule has 0 unspecified atom stereocenters. The first-order chi connectivity index (χ1) is 12.4. The standard InChI is InChI=1S/C18H14BrF7O/c1-3-10-8-12(16(20,17(21,22)23)18(24,25)26)15(13(19)9-10)11-6-4-5-7-14(11)27-2/h4-9H,3H2,1-2H3. The molecule has 2 aromatic rings. The predicted molar refractivity (Wildman–Crippen MR) is 90.4 cm³/mol. The summed E-state index contributed by atoms with van der Waals surface area (Å²) in [6.45, 7) is 1.54. The fraction of sp³-hybridized carbons (Fsp3) is 0.333. The first-order valence-corrected chi connectivity index (χ1v) is 8.46. The molecule has 0 radical (unpaired) electrons. The zero-order valence-corrected chi connectivity index (χ0v) is 15.7. The Bertz CT molecular complexity index is 813. The number of rotatable bonds is 4. The lowest BCUT2D eigenvalue weighted by Crippen LogP contribution is -2.50. The Morgan fingerprint density at radius 1 is 0.926 bits per heavy atom. The molecule has 2 aromatic carbocycles. The van der Waals surface area contributed by atoms with Crippen molar-refractivity contribution in [2.24, 2.45) is 0 Å². The Morgan fingerprint density at radius 3 is 1.96 bits per heavy atom. The number of ether oxygens (including phenoxy) is 1. The highest BCUT2D eigenvalue weighted by molar-refractivity contribution is 9.10. The summed E-state index contributed by atoms with van der Waals surface area (Å²) in [7, 11) is 1.21. The molecule has 0 saturated heterocycles. The third kappa shape index (κ3) is 3.66. The molecular weight excluding hydrogens is 445 g/mol. The second-order valence-corrected chi connectivity index (χ2v) is 6.56. The summed E-state index contributed by atoms with van der Waals surface area (Å²) in [4.78, 5) is 0. The molecular formula is C18H14BrF7O. The minimum Gasteiger partial charge on any atom is -0.496 e. The van der Waals surface area contributed by atoms with E-state index in [-0.39, 0.29) is 27.8 Å². The first kappa shape index (κ1) is 21.5. The smallest absolute Gasteiger partial charge is 0.435 e. The predicted octanol–water partition coefficient (Wildman–Crippen LogP) is 6.98. The molecule has 0 N–H and O–H groups in total. The average molecular weight is 459 g/mol. The van der Waals surface area contributed by atoms with Crippen LogP contribution >= 0.6 is 15.9 Å². The molecule has 0 aromatic heterocycles. The maximum Gasteiger partial charge on any atom is 0.435 e. The van der Waals surface area contributed by atoms with Crippen LogP contribution in [0.15, 0.2) is 40.9 Å². The van der Waals surface area contributed by atoms with E-state index < -0.39 is 29.1 Å². The average Bonchev–Trinajstić information content (AvgIpc) is 2.58. The summed E-state index contributed by atoms with van der Waals surface area (Å²) in [6, 6.07) is 7.49. The van der Waals surface area contributed by atoms with Gasteiger partial charge in [0.1, 0.15) is 5.75 Å². The Labute approximate surface area is 159 Å². The Balaban J connectivity index is 3.00. The number of halogens is 8. The van der Waals surface area contributed by atoms with E-state index in [2.05, 4.69) is 15.9 Å². The van der Waals surface area contributed by atoms with E-state index in [1.807, 2.05) is 0 Å². The third-order valence-corrected chi connectivity index (χ3v) is 4.71. The SMILES string of the molecule is CCc1cc(Br)c(-c2ccccc2OC)c(C(F)(C(F)(F)F)C(F)(F)F)c1. The lowest BCUT2D eigenvalue weighted by Gasteiger charge is -2.33. The van der Waals surface area contributed by atoms with Crippen LogP contribution < -0.4 is 4.74 Å². The summed E-state index contributed by atoms with van der Waals surface area (Å²) in [5.74, 6) is 0.00963. The van der Waals surface area contributed by atoms with Crippen molar-refractivity contribution in [3.63, 3.8) is 0 Å². The lowest BCUT2D eigenvalue weighted by molar-refractivity contribution is -0.348. The normalized spacial score (nSPS) is 13.0. The van der Waals surface area contributed by atoms with E-state index in [1.165, 1.54) is 44.4 Å². The summed E-state index contributed by atoms with van der Waals surface area (Å²) >= 11 is 3.01. The van der Waals surface area contributed by atoms with Crippen LogP contribution in [0.25, 0.3) is 11.1 Å². The number of alkyl halides is 7. The number of hydrogen-bond acceptors (Lipinski definition) is 1. The van der Waals surface area contributed by atoms with Crippen LogP contribution in [-0.4, -0.2) is 19.5 Å². The van der Waals surface area contributed by atoms with Crippen LogP contribution in [0.5, 0.6) is 5.75 Å². The largest absolute Gasteiger partial charge is 0.496 e. The van der Waals surface area contributed by atoms with E-state index >= 15 is 0 Å². The fourth-order valence-corrected chi connectivity index (χ4v) is 3.45. The van der Waals surface area contributed by atoms with Crippen molar-refractivity contribution < 1.29 is 35.5 Å². The van der Waals surface area contributed by atoms with Gasteiger partial charge in [0, 0.05) is 21.2 Å². The van der Waals surface area contributed by atoms with E-state index in [0.29, 0.717) is 6.07 Å². The number of methoxy groups -OCH3 is 1. The first-order valence-electron chi connectivity index (χ1n) is 7.67. The van der Waals surface area contributed by atoms with Gasteiger partial charge in [-0.05, 0) is 24.1 Å². The molecule has 9 heteroatoms. The Morgan fingerprint density at radius 2 is 1.48 bits per heavy atom. The van der Waals surface area contributed by atoms with E-state index in [0.717, 1.165) is 0 Å². The van der Waals surface area contributed by atoms with E-state index in [9.17, 15) is 30.7 Å². The highest BCUT2D eigenvalue weighted by Gasteiger charge is 2.74. The summed E-state index contributed by atoms with van der Waals surface area (Å²) in [5, 5.41) is 0. The van der Waals surface area contributed by atoms with E-state index in [4.69, 9.17) is 4.74 Å². The van der Waals surface area contributed by atoms with E-state index in [1.54, 1.807) is 0 Å². The highest BCUT2D eigenvalue weighted by Crippen LogP contribution is 2.57. The molecule has 0 fully saturated rings. The molecule has 0 aliphatic carbocycles. The second-order valence-electron chi connectivity index (χ2n) is 5.71. The van der Waals surface area contributed by atoms with Crippen molar-refractivity contribution in [1.82, 2.24) is 0 Å². The van der Waals surface area contributed by atoms with Crippen LogP contribution in [0.3, 0.4) is 0 Å². The van der Waals surface area contributed by atoms with Crippen molar-refractivity contribution in [2.45, 2.75) is 31.4 Å². The van der Waals surface area contributed by atoms with Gasteiger partial charge in [-0.15, -0.1) is 0 Å². The molecule has 1 nitrogen and oxygen atoms in total. The van der Waals surface area contributed by atoms with Crippen molar-refractivity contribution in [1.29, 1.82) is 0 Å². The number of benzene rings is 2. The quantitative estimate of drug-likeness (QED) is 0.449. The molecule has 0 aliphatic heterocycles. The Hall–Kier alpha value is -1.77. The molecule has 0 atom stereocenters. The summed E-state index contributed by atoms with van der Waals surface area (Å²) < 4.78 is 100. The molecule has 2 rings (SSSR count). The molecule has 148 valence electrons. The summed E-state index contributed by atoms with van der Waals surface area (Å²) in [6.07, 6.45) is -12.3. The van der Waals surface area contributed by atoms with Gasteiger partial charge in [-0.25, -0.2) is 4.39 Å². The zero-order valence-electron chi connectivity index (χ0n) is 14.1. The van der Waals surface area contributed by atoms with Gasteiger partial charge < -0.3 is 4.74 Å². The van der Waals surface area contributed by atoms with Crippen molar-refractivity contribution in [2.75, 3.05) is 7.11 Å². The van der Waals surface area contributed by atoms with Crippen molar-refractivity contribution in [3.05, 3.63) is 52.0 Å². The van der Waals surface area contributed by atoms with Crippen molar-refractivity contribution in [3.8, 4) is 16.9 Å². The minimum absolute atomic E-state index is 0.00963. The van der Waals surface area contributed by atoms with Crippen LogP contribution in [-0.2, 0) is 12.1 Å². The molecule has 0 spiro atoms. The summed E-state index contributed by atoms with van der Waals surface area (Å²) in [5.41, 5.74) is -7.63. The monoisotopic (exact) mass is 458 g/mol. The fourth-order valence-electron chi connectivity index (χ4n) is 2.73. The van der Waals surface area contributed by atoms with Crippen LogP contribution in [0.4, 0.5) is 30.7 Å². The molecule has 0 saturated carbocycles. The van der Waals surface area contributed by atoms with Gasteiger partial charge in [0.25, 0.3) is 0 Å². The molecule has 27 heavy (non-hydrogen) atoms. The van der Waals surface area contributed by atoms with Gasteiger partial charge in [0.05, 0.1) is 7.11 Å². The van der Waals surface area contributed by atoms with Crippen LogP contribution in [0.1, 0.15) is 18.1 Å². The topological polar surface area (TPSA) is 9.23 Å². The minimum atomic E-state index is -6.21. The molecule has 0 amide bonds. The van der Waals surface area contributed by atoms with Gasteiger partial charge in [0.2, 0.25) is 0 Å². The number of para-hydroxylation sites is 1. The number of aryl methyl sites for hydroxylation is 1. The van der Waals surface area contributed by atoms with Gasteiger partial charge in [-0.2, -0.15) is 26.3 Å². The molecule has 0 aliphatic rings. The second kappa shape index (κ2) is 7.33. The third-order valence-electron chi connectivity index (χ3n) is 4.09. The van der Waals surface area contributed by atoms with Crippen LogP contribution in [0.2, 0.25) is 0 Å².